The zero-order chi connectivity index (χ0) is 59.5. The van der Waals surface area contributed by atoms with Crippen molar-refractivity contribution in [1.29, 1.82) is 0 Å². The quantitative estimate of drug-likeness (QED) is 0.0469. The van der Waals surface area contributed by atoms with Crippen molar-refractivity contribution in [1.82, 2.24) is 26.6 Å². The fourth-order valence-electron chi connectivity index (χ4n) is 11.4. The number of ketones is 3. The lowest BCUT2D eigenvalue weighted by Crippen LogP contribution is -2.60. The van der Waals surface area contributed by atoms with E-state index in [9.17, 15) is 63.9 Å². The van der Waals surface area contributed by atoms with Gasteiger partial charge in [-0.1, -0.05) is 88.4 Å². The third-order valence-corrected chi connectivity index (χ3v) is 15.5. The largest absolute Gasteiger partial charge is 0.507 e. The Kier molecular flexibility index (Phi) is 18.5. The summed E-state index contributed by atoms with van der Waals surface area (Å²) in [5, 5.41) is 70.2. The van der Waals surface area contributed by atoms with E-state index in [0.717, 1.165) is 22.3 Å². The minimum Gasteiger partial charge on any atom is -0.507 e. The molecule has 0 spiro atoms. The van der Waals surface area contributed by atoms with E-state index in [0.29, 0.717) is 0 Å². The SMILES string of the molecule is COc1cccc2c1C(=O)c1c(O)c3c(c(O)c1C2=O)C[C@@](O)(C(=O)CO)C[C@@H]3O[C@H]1C[C@H](NC(=O)[C@H](CC(C)C)NC(=O)[C@H](C)NC(=O)[C@H](CC(C)C)NC(=O)CCNC(=O)OCC2c3ccccc3-c3ccccc32)[C@H](O)[C@H](C)O1. The molecule has 0 aromatic heterocycles. The maximum Gasteiger partial charge on any atom is 0.407 e. The fourth-order valence-corrected chi connectivity index (χ4v) is 11.4. The molecule has 1 fully saturated rings. The van der Waals surface area contributed by atoms with Gasteiger partial charge in [-0.3, -0.25) is 33.6 Å². The number of aliphatic hydroxyl groups is 3. The Morgan fingerprint density at radius 1 is 0.756 bits per heavy atom. The normalized spacial score (nSPS) is 21.8. The predicted octanol–water partition coefficient (Wildman–Crippen LogP) is 3.65. The summed E-state index contributed by atoms with van der Waals surface area (Å²) in [5.41, 5.74) is -0.193. The zero-order valence-corrected chi connectivity index (χ0v) is 46.7. The van der Waals surface area contributed by atoms with E-state index in [-0.39, 0.29) is 84.6 Å². The van der Waals surface area contributed by atoms with Crippen LogP contribution in [0.2, 0.25) is 0 Å². The number of fused-ring (bicyclic) bond motifs is 6. The number of Topliss-reactive ketones (excluding diaryl/α,β-unsaturated/α-hetero) is 1. The first-order valence-electron chi connectivity index (χ1n) is 27.5. The van der Waals surface area contributed by atoms with Gasteiger partial charge in [-0.25, -0.2) is 4.79 Å². The van der Waals surface area contributed by atoms with Gasteiger partial charge in [0.05, 0.1) is 42.0 Å². The van der Waals surface area contributed by atoms with Crippen molar-refractivity contribution >= 4 is 47.1 Å². The molecule has 5 amide bonds. The van der Waals surface area contributed by atoms with Crippen LogP contribution in [0.15, 0.2) is 66.7 Å². The van der Waals surface area contributed by atoms with Crippen LogP contribution in [0.3, 0.4) is 0 Å². The van der Waals surface area contributed by atoms with Crippen molar-refractivity contribution in [2.24, 2.45) is 11.8 Å². The Morgan fingerprint density at radius 2 is 1.37 bits per heavy atom. The second kappa shape index (κ2) is 25.2. The van der Waals surface area contributed by atoms with E-state index in [1.807, 2.05) is 76.2 Å². The number of phenols is 2. The fraction of sp³-hybridized carbons (Fsp3) is 0.467. The molecule has 10 N–H and O–H groups in total. The van der Waals surface area contributed by atoms with E-state index in [1.165, 1.54) is 39.2 Å². The van der Waals surface area contributed by atoms with Gasteiger partial charge in [-0.05, 0) is 66.8 Å². The lowest BCUT2D eigenvalue weighted by atomic mass is 9.72. The van der Waals surface area contributed by atoms with Gasteiger partial charge in [0.25, 0.3) is 0 Å². The first-order chi connectivity index (χ1) is 39.0. The molecule has 9 atom stereocenters. The number of carbonyl (C=O) groups excluding carboxylic acids is 8. The Hall–Kier alpha value is -7.76. The van der Waals surface area contributed by atoms with Crippen molar-refractivity contribution in [3.05, 3.63) is 111 Å². The minimum atomic E-state index is -2.43. The molecule has 0 saturated carbocycles. The van der Waals surface area contributed by atoms with Crippen LogP contribution in [0.25, 0.3) is 11.1 Å². The number of amides is 5. The Labute approximate surface area is 473 Å². The third kappa shape index (κ3) is 12.5. The predicted molar refractivity (Wildman–Crippen MR) is 294 cm³/mol. The van der Waals surface area contributed by atoms with Crippen LogP contribution >= 0.6 is 0 Å². The smallest absolute Gasteiger partial charge is 0.407 e. The number of rotatable bonds is 21. The zero-order valence-electron chi connectivity index (χ0n) is 46.7. The summed E-state index contributed by atoms with van der Waals surface area (Å²) in [6, 6.07) is 15.4. The average Bonchev–Trinajstić information content (AvgIpc) is 3.88. The first-order valence-corrected chi connectivity index (χ1v) is 27.5. The Morgan fingerprint density at radius 3 is 1.99 bits per heavy atom. The Balaban J connectivity index is 0.891. The van der Waals surface area contributed by atoms with Crippen LogP contribution < -0.4 is 31.3 Å². The van der Waals surface area contributed by atoms with Crippen molar-refractivity contribution in [2.75, 3.05) is 26.9 Å². The third-order valence-electron chi connectivity index (χ3n) is 15.5. The molecular formula is C60H71N5O17. The summed E-state index contributed by atoms with van der Waals surface area (Å²) in [6.07, 6.45) is -7.65. The number of aliphatic hydroxyl groups excluding tert-OH is 2. The van der Waals surface area contributed by atoms with Crippen molar-refractivity contribution < 1.29 is 82.8 Å². The van der Waals surface area contributed by atoms with Crippen molar-refractivity contribution in [3.63, 3.8) is 0 Å². The highest BCUT2D eigenvalue weighted by Crippen LogP contribution is 2.53. The summed E-state index contributed by atoms with van der Waals surface area (Å²) in [4.78, 5) is 109. The summed E-state index contributed by atoms with van der Waals surface area (Å²) in [5.74, 6) is -7.45. The van der Waals surface area contributed by atoms with E-state index < -0.39 is 144 Å². The highest BCUT2D eigenvalue weighted by molar-refractivity contribution is 6.31. The molecule has 0 radical (unpaired) electrons. The number of methoxy groups -OCH3 is 1. The molecule has 8 rings (SSSR count). The number of carbonyl (C=O) groups is 8. The molecule has 1 saturated heterocycles. The topological polar surface area (TPSA) is 335 Å². The molecule has 22 heteroatoms. The monoisotopic (exact) mass is 1130 g/mol. The van der Waals surface area contributed by atoms with Gasteiger partial charge in [-0.2, -0.15) is 0 Å². The molecule has 4 aromatic carbocycles. The summed E-state index contributed by atoms with van der Waals surface area (Å²) < 4.78 is 23.3. The highest BCUT2D eigenvalue weighted by atomic mass is 16.7. The van der Waals surface area contributed by atoms with Crippen LogP contribution in [0.1, 0.15) is 140 Å². The van der Waals surface area contributed by atoms with E-state index >= 15 is 0 Å². The van der Waals surface area contributed by atoms with Crippen LogP contribution in [0.4, 0.5) is 4.79 Å². The number of aromatic hydroxyl groups is 2. The number of alkyl carbamates (subject to hydrolysis) is 1. The Bertz CT molecular complexity index is 3120. The van der Waals surface area contributed by atoms with E-state index in [2.05, 4.69) is 26.6 Å². The minimum absolute atomic E-state index is 0.0209. The van der Waals surface area contributed by atoms with Gasteiger partial charge in [0, 0.05) is 54.8 Å². The number of hydrogen-bond donors (Lipinski definition) is 10. The van der Waals surface area contributed by atoms with Crippen molar-refractivity contribution in [2.45, 2.75) is 140 Å². The summed E-state index contributed by atoms with van der Waals surface area (Å²) in [7, 11) is 1.29. The van der Waals surface area contributed by atoms with Gasteiger partial charge in [0.2, 0.25) is 29.4 Å². The van der Waals surface area contributed by atoms with Crippen LogP contribution in [0.5, 0.6) is 17.2 Å². The number of hydrogen-bond acceptors (Lipinski definition) is 17. The molecular weight excluding hydrogens is 1060 g/mol. The van der Waals surface area contributed by atoms with Crippen molar-refractivity contribution in [3.8, 4) is 28.4 Å². The maximum atomic E-state index is 14.2. The van der Waals surface area contributed by atoms with Gasteiger partial charge in [0.1, 0.15) is 60.3 Å². The lowest BCUT2D eigenvalue weighted by Gasteiger charge is -2.43. The maximum absolute atomic E-state index is 14.2. The number of phenolic OH excluding ortho intramolecular Hbond substituents is 2. The number of ether oxygens (including phenoxy) is 4. The standard InChI is InChI=1S/C60H71N5O17/c1-28(2)21-40(63-45(68)19-20-61-59(77)80-27-38-34-15-10-8-13-32(34)33-14-9-11-16-35(33)38)57(75)62-30(5)56(74)65-41(22-29(3)4)58(76)64-39-23-46(81-31(6)51(39)69)82-43-25-60(78,44(67)26-66)24-37-48(43)55(73)50-49(53(37)71)52(70)36-17-12-18-42(79-7)47(36)54(50)72/h8-18,28-31,38-41,43,46,51,66,69,71,73,78H,19-27H2,1-7H3,(H,61,77)(H,62,75)(H,63,68)(H,64,76)(H,65,74)/t30-,31-,39-,40-,41-,43-,46-,51+,60-/m0/s1. The van der Waals surface area contributed by atoms with Crippen LogP contribution in [-0.4, -0.2) is 148 Å². The molecule has 0 unspecified atom stereocenters. The van der Waals surface area contributed by atoms with Gasteiger partial charge in [0.15, 0.2) is 17.9 Å². The van der Waals surface area contributed by atoms with E-state index in [1.54, 1.807) is 0 Å². The summed E-state index contributed by atoms with van der Waals surface area (Å²) in [6.45, 7) is 9.08. The number of nitrogens with one attached hydrogen (secondary N) is 5. The first kappa shape index (κ1) is 60.3. The second-order valence-corrected chi connectivity index (χ2v) is 22.3. The van der Waals surface area contributed by atoms with Crippen LogP contribution in [-0.2, 0) is 44.6 Å². The summed E-state index contributed by atoms with van der Waals surface area (Å²) >= 11 is 0. The number of benzene rings is 4. The molecule has 438 valence electrons. The molecule has 0 bridgehead atoms. The van der Waals surface area contributed by atoms with Gasteiger partial charge < -0.3 is 71.1 Å². The van der Waals surface area contributed by atoms with Gasteiger partial charge in [-0.15, -0.1) is 0 Å². The van der Waals surface area contributed by atoms with Crippen LogP contribution in [0, 0.1) is 11.8 Å². The molecule has 4 aliphatic rings. The second-order valence-electron chi connectivity index (χ2n) is 22.3. The molecule has 3 aliphatic carbocycles. The molecule has 4 aromatic rings. The molecule has 22 nitrogen and oxygen atoms in total. The molecule has 1 heterocycles. The highest BCUT2D eigenvalue weighted by Gasteiger charge is 2.51. The molecule has 82 heavy (non-hydrogen) atoms. The van der Waals surface area contributed by atoms with E-state index in [4.69, 9.17) is 18.9 Å². The van der Waals surface area contributed by atoms with Gasteiger partial charge >= 0.3 is 6.09 Å². The average molecular weight is 1130 g/mol. The molecule has 1 aliphatic heterocycles. The lowest BCUT2D eigenvalue weighted by molar-refractivity contribution is -0.249.